The van der Waals surface area contributed by atoms with Crippen LogP contribution in [0.3, 0.4) is 0 Å². The van der Waals surface area contributed by atoms with Crippen LogP contribution in [0.4, 0.5) is 5.95 Å². The van der Waals surface area contributed by atoms with Crippen LogP contribution in [0.2, 0.25) is 0 Å². The predicted molar refractivity (Wildman–Crippen MR) is 87.8 cm³/mol. The van der Waals surface area contributed by atoms with Crippen molar-refractivity contribution in [3.05, 3.63) is 43.2 Å². The fraction of sp³-hybridized carbons (Fsp3) is 0.250. The van der Waals surface area contributed by atoms with Gasteiger partial charge in [-0.3, -0.25) is 4.40 Å². The molecule has 0 aliphatic carbocycles. The lowest BCUT2D eigenvalue weighted by atomic mass is 10.1. The van der Waals surface area contributed by atoms with Crippen LogP contribution in [0, 0.1) is 5.92 Å². The van der Waals surface area contributed by atoms with E-state index < -0.39 is 0 Å². The van der Waals surface area contributed by atoms with E-state index in [4.69, 9.17) is 4.74 Å². The predicted octanol–water partition coefficient (Wildman–Crippen LogP) is 1.50. The fourth-order valence-corrected chi connectivity index (χ4v) is 2.82. The van der Waals surface area contributed by atoms with Gasteiger partial charge in [0.05, 0.1) is 24.9 Å². The maximum absolute atomic E-state index is 5.17. The molecule has 0 atom stereocenters. The Morgan fingerprint density at radius 1 is 1.17 bits per heavy atom. The number of anilines is 1. The smallest absolute Gasteiger partial charge is 0.241 e. The third-order valence-electron chi connectivity index (χ3n) is 4.23. The third-order valence-corrected chi connectivity index (χ3v) is 4.23. The molecule has 4 aromatic rings. The highest BCUT2D eigenvalue weighted by atomic mass is 16.5. The van der Waals surface area contributed by atoms with E-state index >= 15 is 0 Å². The highest BCUT2D eigenvalue weighted by molar-refractivity contribution is 5.79. The summed E-state index contributed by atoms with van der Waals surface area (Å²) in [6.45, 7) is 2.46. The molecule has 0 spiro atoms. The zero-order valence-electron chi connectivity index (χ0n) is 12.8. The van der Waals surface area contributed by atoms with Crippen molar-refractivity contribution in [1.29, 1.82) is 0 Å². The van der Waals surface area contributed by atoms with Crippen molar-refractivity contribution in [3.8, 4) is 11.1 Å². The Balaban J connectivity index is 1.47. The minimum atomic E-state index is 0.553. The van der Waals surface area contributed by atoms with E-state index in [1.165, 1.54) is 0 Å². The summed E-state index contributed by atoms with van der Waals surface area (Å²) in [6, 6.07) is 2.02. The minimum Gasteiger partial charge on any atom is -0.381 e. The number of nitrogens with one attached hydrogen (secondary N) is 1. The van der Waals surface area contributed by atoms with Gasteiger partial charge in [0.2, 0.25) is 11.7 Å². The topological polar surface area (TPSA) is 81.6 Å². The van der Waals surface area contributed by atoms with Crippen LogP contribution in [0.5, 0.6) is 0 Å². The number of hydrogen-bond donors (Lipinski definition) is 1. The Hall–Kier alpha value is -3.00. The average Bonchev–Trinajstić information content (AvgIpc) is 3.18. The first kappa shape index (κ1) is 13.4. The van der Waals surface area contributed by atoms with Gasteiger partial charge in [0.1, 0.15) is 0 Å². The molecule has 5 rings (SSSR count). The highest BCUT2D eigenvalue weighted by Gasteiger charge is 2.18. The van der Waals surface area contributed by atoms with Crippen LogP contribution >= 0.6 is 0 Å². The standard InChI is InChI=1S/C16H15N7O/c1-3-23-14(7-19-15(21-23)18-5-11-9-24-10-11)13(1)12-6-20-16-17-2-4-22(16)8-12/h1-4,6-8,11H,5,9-10H2,(H,18,21). The Morgan fingerprint density at radius 2 is 2.12 bits per heavy atom. The molecule has 0 aromatic carbocycles. The maximum Gasteiger partial charge on any atom is 0.241 e. The summed E-state index contributed by atoms with van der Waals surface area (Å²) in [5.74, 6) is 1.86. The van der Waals surface area contributed by atoms with Gasteiger partial charge >= 0.3 is 0 Å². The molecule has 0 bridgehead atoms. The first-order valence-corrected chi connectivity index (χ1v) is 7.82. The van der Waals surface area contributed by atoms with Gasteiger partial charge < -0.3 is 10.1 Å². The average molecular weight is 321 g/mol. The summed E-state index contributed by atoms with van der Waals surface area (Å²) in [4.78, 5) is 13.0. The van der Waals surface area contributed by atoms with Crippen LogP contribution in [-0.2, 0) is 4.74 Å². The molecule has 120 valence electrons. The largest absolute Gasteiger partial charge is 0.381 e. The third kappa shape index (κ3) is 2.19. The Bertz CT molecular complexity index is 1020. The molecular formula is C16H15N7O. The number of imidazole rings is 1. The van der Waals surface area contributed by atoms with Gasteiger partial charge in [0.25, 0.3) is 0 Å². The molecule has 8 heteroatoms. The molecule has 1 fully saturated rings. The first-order valence-electron chi connectivity index (χ1n) is 7.82. The number of hydrogen-bond acceptors (Lipinski definition) is 6. The van der Waals surface area contributed by atoms with Gasteiger partial charge in [-0.25, -0.2) is 19.5 Å². The molecule has 0 unspecified atom stereocenters. The van der Waals surface area contributed by atoms with E-state index in [1.807, 2.05) is 46.0 Å². The molecule has 24 heavy (non-hydrogen) atoms. The molecule has 8 nitrogen and oxygen atoms in total. The Morgan fingerprint density at radius 3 is 3.00 bits per heavy atom. The Labute approximate surface area is 137 Å². The van der Waals surface area contributed by atoms with E-state index in [9.17, 15) is 0 Å². The second-order valence-electron chi connectivity index (χ2n) is 5.90. The molecule has 1 aliphatic heterocycles. The molecule has 5 heterocycles. The van der Waals surface area contributed by atoms with E-state index in [1.54, 1.807) is 6.20 Å². The van der Waals surface area contributed by atoms with Crippen molar-refractivity contribution in [3.63, 3.8) is 0 Å². The van der Waals surface area contributed by atoms with Crippen LogP contribution in [0.15, 0.2) is 43.2 Å². The van der Waals surface area contributed by atoms with Crippen molar-refractivity contribution >= 4 is 17.2 Å². The van der Waals surface area contributed by atoms with Gasteiger partial charge in [-0.15, -0.1) is 5.10 Å². The van der Waals surface area contributed by atoms with Crippen LogP contribution in [0.25, 0.3) is 22.4 Å². The number of aromatic nitrogens is 6. The molecular weight excluding hydrogens is 306 g/mol. The summed E-state index contributed by atoms with van der Waals surface area (Å²) in [5.41, 5.74) is 2.98. The zero-order valence-corrected chi connectivity index (χ0v) is 12.8. The van der Waals surface area contributed by atoms with Crippen molar-refractivity contribution < 1.29 is 4.74 Å². The molecule has 1 aliphatic rings. The first-order chi connectivity index (χ1) is 11.9. The Kier molecular flexibility index (Phi) is 2.95. The van der Waals surface area contributed by atoms with Gasteiger partial charge in [-0.2, -0.15) is 0 Å². The monoisotopic (exact) mass is 321 g/mol. The zero-order chi connectivity index (χ0) is 15.9. The van der Waals surface area contributed by atoms with Crippen LogP contribution in [0.1, 0.15) is 0 Å². The van der Waals surface area contributed by atoms with E-state index in [0.717, 1.165) is 36.4 Å². The van der Waals surface area contributed by atoms with Gasteiger partial charge in [0, 0.05) is 54.6 Å². The normalized spacial score (nSPS) is 15.0. The van der Waals surface area contributed by atoms with Crippen molar-refractivity contribution in [2.45, 2.75) is 0 Å². The summed E-state index contributed by atoms with van der Waals surface area (Å²) in [7, 11) is 0. The second-order valence-corrected chi connectivity index (χ2v) is 5.90. The lowest BCUT2D eigenvalue weighted by Crippen LogP contribution is -2.33. The summed E-state index contributed by atoms with van der Waals surface area (Å²) < 4.78 is 8.90. The SMILES string of the molecule is c1cn2cc(-c3ccn4nc(NCC5COC5)ncc34)cnc2n1. The summed E-state index contributed by atoms with van der Waals surface area (Å²) in [5, 5.41) is 7.78. The molecule has 1 N–H and O–H groups in total. The second kappa shape index (κ2) is 5.27. The van der Waals surface area contributed by atoms with E-state index in [-0.39, 0.29) is 0 Å². The summed E-state index contributed by atoms with van der Waals surface area (Å²) in [6.07, 6.45) is 11.2. The molecule has 0 radical (unpaired) electrons. The van der Waals surface area contributed by atoms with Crippen LogP contribution in [-0.4, -0.2) is 48.7 Å². The van der Waals surface area contributed by atoms with Gasteiger partial charge in [0.15, 0.2) is 0 Å². The van der Waals surface area contributed by atoms with Gasteiger partial charge in [-0.05, 0) is 6.07 Å². The van der Waals surface area contributed by atoms with Crippen molar-refractivity contribution in [1.82, 2.24) is 29.0 Å². The summed E-state index contributed by atoms with van der Waals surface area (Å²) >= 11 is 0. The quantitative estimate of drug-likeness (QED) is 0.613. The number of fused-ring (bicyclic) bond motifs is 2. The van der Waals surface area contributed by atoms with E-state index in [2.05, 4.69) is 25.4 Å². The highest BCUT2D eigenvalue weighted by Crippen LogP contribution is 2.24. The van der Waals surface area contributed by atoms with Gasteiger partial charge in [-0.1, -0.05) is 0 Å². The lowest BCUT2D eigenvalue weighted by molar-refractivity contribution is -0.0249. The maximum atomic E-state index is 5.17. The van der Waals surface area contributed by atoms with E-state index in [0.29, 0.717) is 17.6 Å². The minimum absolute atomic E-state index is 0.553. The fourth-order valence-electron chi connectivity index (χ4n) is 2.82. The molecule has 4 aromatic heterocycles. The van der Waals surface area contributed by atoms with Crippen LogP contribution < -0.4 is 5.32 Å². The molecule has 0 saturated carbocycles. The number of rotatable bonds is 4. The lowest BCUT2D eigenvalue weighted by Gasteiger charge is -2.25. The van der Waals surface area contributed by atoms with Crippen molar-refractivity contribution in [2.75, 3.05) is 25.1 Å². The number of nitrogens with zero attached hydrogens (tertiary/aromatic N) is 6. The molecule has 1 saturated heterocycles. The molecule has 0 amide bonds. The number of ether oxygens (including phenoxy) is 1. The van der Waals surface area contributed by atoms with Crippen molar-refractivity contribution in [2.24, 2.45) is 5.92 Å².